The Kier molecular flexibility index (Phi) is 3.89. The molecule has 82 valence electrons. The highest BCUT2D eigenvalue weighted by molar-refractivity contribution is 5.78. The number of aliphatic hydroxyl groups is 1. The first-order valence-corrected chi connectivity index (χ1v) is 5.14. The van der Waals surface area contributed by atoms with E-state index < -0.39 is 0 Å². The van der Waals surface area contributed by atoms with Gasteiger partial charge in [-0.05, 0) is 6.42 Å². The first-order chi connectivity index (χ1) is 6.53. The van der Waals surface area contributed by atoms with E-state index >= 15 is 0 Å². The zero-order chi connectivity index (χ0) is 10.6. The van der Waals surface area contributed by atoms with E-state index in [9.17, 15) is 4.79 Å². The summed E-state index contributed by atoms with van der Waals surface area (Å²) in [6.07, 6.45) is 1.57. The first-order valence-electron chi connectivity index (χ1n) is 5.14. The number of nitrogens with one attached hydrogen (secondary N) is 2. The molecule has 1 atom stereocenters. The van der Waals surface area contributed by atoms with Gasteiger partial charge in [0.2, 0.25) is 5.91 Å². The molecule has 1 aliphatic rings. The molecule has 0 bridgehead atoms. The second-order valence-electron chi connectivity index (χ2n) is 4.76. The smallest absolute Gasteiger partial charge is 0.220 e. The van der Waals surface area contributed by atoms with Crippen LogP contribution in [0, 0.1) is 5.41 Å². The van der Waals surface area contributed by atoms with Gasteiger partial charge in [-0.15, -0.1) is 0 Å². The minimum atomic E-state index is -0.0807. The zero-order valence-electron chi connectivity index (χ0n) is 8.97. The fraction of sp³-hybridized carbons (Fsp3) is 0.900. The highest BCUT2D eigenvalue weighted by Crippen LogP contribution is 2.11. The molecule has 0 saturated carbocycles. The maximum absolute atomic E-state index is 10.9. The van der Waals surface area contributed by atoms with Gasteiger partial charge in [0.05, 0.1) is 0 Å². The SMILES string of the molecule is CC(C)(CO)CNCC1CCC(=O)N1. The summed E-state index contributed by atoms with van der Waals surface area (Å²) < 4.78 is 0. The molecule has 1 saturated heterocycles. The summed E-state index contributed by atoms with van der Waals surface area (Å²) in [5.41, 5.74) is -0.0807. The minimum Gasteiger partial charge on any atom is -0.396 e. The van der Waals surface area contributed by atoms with E-state index in [0.29, 0.717) is 6.42 Å². The molecule has 1 aliphatic heterocycles. The molecule has 0 aliphatic carbocycles. The molecule has 3 N–H and O–H groups in total. The minimum absolute atomic E-state index is 0.0807. The van der Waals surface area contributed by atoms with Gasteiger partial charge >= 0.3 is 0 Å². The molecule has 0 aromatic rings. The lowest BCUT2D eigenvalue weighted by atomic mass is 9.95. The Morgan fingerprint density at radius 1 is 1.64 bits per heavy atom. The number of carbonyl (C=O) groups excluding carboxylic acids is 1. The van der Waals surface area contributed by atoms with Crippen LogP contribution < -0.4 is 10.6 Å². The van der Waals surface area contributed by atoms with Gasteiger partial charge in [0.1, 0.15) is 0 Å². The van der Waals surface area contributed by atoms with Crippen molar-refractivity contribution in [2.75, 3.05) is 19.7 Å². The third-order valence-electron chi connectivity index (χ3n) is 2.51. The standard InChI is InChI=1S/C10H20N2O2/c1-10(2,7-13)6-11-5-8-3-4-9(14)12-8/h8,11,13H,3-7H2,1-2H3,(H,12,14). The fourth-order valence-corrected chi connectivity index (χ4v) is 1.47. The Morgan fingerprint density at radius 2 is 2.36 bits per heavy atom. The second kappa shape index (κ2) is 4.75. The molecule has 1 heterocycles. The van der Waals surface area contributed by atoms with Gasteiger partial charge in [-0.25, -0.2) is 0 Å². The van der Waals surface area contributed by atoms with E-state index in [4.69, 9.17) is 5.11 Å². The number of aliphatic hydroxyl groups excluding tert-OH is 1. The lowest BCUT2D eigenvalue weighted by Gasteiger charge is -2.23. The maximum atomic E-state index is 10.9. The van der Waals surface area contributed by atoms with Gasteiger partial charge in [0.25, 0.3) is 0 Å². The van der Waals surface area contributed by atoms with Crippen LogP contribution >= 0.6 is 0 Å². The van der Waals surface area contributed by atoms with Crippen molar-refractivity contribution >= 4 is 5.91 Å². The van der Waals surface area contributed by atoms with Crippen molar-refractivity contribution in [2.45, 2.75) is 32.7 Å². The summed E-state index contributed by atoms with van der Waals surface area (Å²) in [6.45, 7) is 5.77. The van der Waals surface area contributed by atoms with E-state index in [-0.39, 0.29) is 24.0 Å². The summed E-state index contributed by atoms with van der Waals surface area (Å²) in [4.78, 5) is 10.9. The molecule has 4 heteroatoms. The van der Waals surface area contributed by atoms with Gasteiger partial charge in [0.15, 0.2) is 0 Å². The molecule has 1 amide bonds. The number of hydrogen-bond acceptors (Lipinski definition) is 3. The average Bonchev–Trinajstić information content (AvgIpc) is 2.51. The van der Waals surface area contributed by atoms with Crippen LogP contribution in [0.25, 0.3) is 0 Å². The topological polar surface area (TPSA) is 61.4 Å². The molecule has 1 rings (SSSR count). The van der Waals surface area contributed by atoms with Crippen molar-refractivity contribution in [3.8, 4) is 0 Å². The van der Waals surface area contributed by atoms with Crippen LogP contribution in [0.2, 0.25) is 0 Å². The highest BCUT2D eigenvalue weighted by atomic mass is 16.3. The van der Waals surface area contributed by atoms with Crippen molar-refractivity contribution in [1.82, 2.24) is 10.6 Å². The fourth-order valence-electron chi connectivity index (χ4n) is 1.47. The summed E-state index contributed by atoms with van der Waals surface area (Å²) in [5.74, 6) is 0.151. The van der Waals surface area contributed by atoms with Crippen molar-refractivity contribution in [1.29, 1.82) is 0 Å². The van der Waals surface area contributed by atoms with Gasteiger partial charge in [-0.3, -0.25) is 4.79 Å². The molecule has 0 radical (unpaired) electrons. The Labute approximate surface area is 85.1 Å². The van der Waals surface area contributed by atoms with Crippen LogP contribution in [0.1, 0.15) is 26.7 Å². The molecule has 1 fully saturated rings. The number of carbonyl (C=O) groups is 1. The summed E-state index contributed by atoms with van der Waals surface area (Å²) in [5, 5.41) is 15.2. The van der Waals surface area contributed by atoms with Crippen molar-refractivity contribution < 1.29 is 9.90 Å². The predicted molar refractivity (Wildman–Crippen MR) is 54.9 cm³/mol. The van der Waals surface area contributed by atoms with Crippen LogP contribution in [-0.4, -0.2) is 36.8 Å². The van der Waals surface area contributed by atoms with E-state index in [0.717, 1.165) is 19.5 Å². The monoisotopic (exact) mass is 200 g/mol. The predicted octanol–water partition coefficient (Wildman–Crippen LogP) is -0.127. The van der Waals surface area contributed by atoms with Crippen LogP contribution in [0.5, 0.6) is 0 Å². The molecule has 0 spiro atoms. The normalized spacial score (nSPS) is 22.5. The molecular weight excluding hydrogens is 180 g/mol. The number of hydrogen-bond donors (Lipinski definition) is 3. The number of amides is 1. The van der Waals surface area contributed by atoms with Crippen molar-refractivity contribution in [3.05, 3.63) is 0 Å². The van der Waals surface area contributed by atoms with Crippen molar-refractivity contribution in [2.24, 2.45) is 5.41 Å². The molecule has 0 aromatic carbocycles. The van der Waals surface area contributed by atoms with Gasteiger partial charge in [-0.2, -0.15) is 0 Å². The third kappa shape index (κ3) is 3.64. The van der Waals surface area contributed by atoms with E-state index in [1.165, 1.54) is 0 Å². The van der Waals surface area contributed by atoms with Gasteiger partial charge in [-0.1, -0.05) is 13.8 Å². The lowest BCUT2D eigenvalue weighted by Crippen LogP contribution is -2.40. The first kappa shape index (κ1) is 11.5. The maximum Gasteiger partial charge on any atom is 0.220 e. The molecule has 0 aromatic heterocycles. The quantitative estimate of drug-likeness (QED) is 0.579. The zero-order valence-corrected chi connectivity index (χ0v) is 8.97. The Hall–Kier alpha value is -0.610. The molecule has 14 heavy (non-hydrogen) atoms. The molecule has 4 nitrogen and oxygen atoms in total. The van der Waals surface area contributed by atoms with Crippen molar-refractivity contribution in [3.63, 3.8) is 0 Å². The summed E-state index contributed by atoms with van der Waals surface area (Å²) in [7, 11) is 0. The van der Waals surface area contributed by atoms with E-state index in [2.05, 4.69) is 10.6 Å². The van der Waals surface area contributed by atoms with Gasteiger partial charge < -0.3 is 15.7 Å². The van der Waals surface area contributed by atoms with Crippen LogP contribution in [0.3, 0.4) is 0 Å². The van der Waals surface area contributed by atoms with E-state index in [1.54, 1.807) is 0 Å². The van der Waals surface area contributed by atoms with Gasteiger partial charge in [0, 0.05) is 37.6 Å². The molecular formula is C10H20N2O2. The summed E-state index contributed by atoms with van der Waals surface area (Å²) in [6, 6.07) is 0.275. The second-order valence-corrected chi connectivity index (χ2v) is 4.76. The Balaban J connectivity index is 2.12. The van der Waals surface area contributed by atoms with E-state index in [1.807, 2.05) is 13.8 Å². The average molecular weight is 200 g/mol. The van der Waals surface area contributed by atoms with Crippen LogP contribution in [0.4, 0.5) is 0 Å². The summed E-state index contributed by atoms with van der Waals surface area (Å²) >= 11 is 0. The molecule has 1 unspecified atom stereocenters. The largest absolute Gasteiger partial charge is 0.396 e. The van der Waals surface area contributed by atoms with Crippen LogP contribution in [-0.2, 0) is 4.79 Å². The third-order valence-corrected chi connectivity index (χ3v) is 2.51. The lowest BCUT2D eigenvalue weighted by molar-refractivity contribution is -0.119. The van der Waals surface area contributed by atoms with Crippen LogP contribution in [0.15, 0.2) is 0 Å². The Morgan fingerprint density at radius 3 is 2.86 bits per heavy atom. The Bertz CT molecular complexity index is 204. The highest BCUT2D eigenvalue weighted by Gasteiger charge is 2.21. The number of rotatable bonds is 5.